The monoisotopic (exact) mass is 268 g/mol. The molecule has 3 aromatic rings. The maximum absolute atomic E-state index is 4.64. The van der Waals surface area contributed by atoms with Gasteiger partial charge < -0.3 is 5.32 Å². The molecule has 0 aliphatic rings. The van der Waals surface area contributed by atoms with Crippen LogP contribution in [0.5, 0.6) is 0 Å². The number of nitrogens with one attached hydrogen (secondary N) is 1. The molecule has 0 saturated carbocycles. The van der Waals surface area contributed by atoms with E-state index in [4.69, 9.17) is 0 Å². The van der Waals surface area contributed by atoms with Gasteiger partial charge in [-0.05, 0) is 42.7 Å². The highest BCUT2D eigenvalue weighted by atomic mass is 32.1. The van der Waals surface area contributed by atoms with Gasteiger partial charge in [0.25, 0.3) is 0 Å². The molecule has 0 bridgehead atoms. The summed E-state index contributed by atoms with van der Waals surface area (Å²) < 4.78 is 1.25. The molecule has 2 nitrogen and oxygen atoms in total. The number of hydrogen-bond acceptors (Lipinski definition) is 3. The third-order valence-corrected chi connectivity index (χ3v) is 4.27. The van der Waals surface area contributed by atoms with Crippen LogP contribution in [0.4, 0.5) is 5.13 Å². The van der Waals surface area contributed by atoms with Crippen molar-refractivity contribution in [3.8, 4) is 0 Å². The summed E-state index contributed by atoms with van der Waals surface area (Å²) in [5.41, 5.74) is 4.98. The molecular formula is C16H16N2S. The first kappa shape index (κ1) is 12.2. The first-order valence-electron chi connectivity index (χ1n) is 6.38. The number of fused-ring (bicyclic) bond motifs is 1. The van der Waals surface area contributed by atoms with Crippen molar-refractivity contribution < 1.29 is 0 Å². The zero-order valence-corrected chi connectivity index (χ0v) is 11.9. The fourth-order valence-corrected chi connectivity index (χ4v) is 2.97. The summed E-state index contributed by atoms with van der Waals surface area (Å²) in [6.45, 7) is 5.09. The van der Waals surface area contributed by atoms with Crippen molar-refractivity contribution in [3.05, 3.63) is 59.2 Å². The molecule has 19 heavy (non-hydrogen) atoms. The number of anilines is 1. The maximum Gasteiger partial charge on any atom is 0.184 e. The maximum atomic E-state index is 4.64. The van der Waals surface area contributed by atoms with E-state index in [-0.39, 0.29) is 0 Å². The second-order valence-corrected chi connectivity index (χ2v) is 5.79. The second-order valence-electron chi connectivity index (χ2n) is 4.76. The minimum atomic E-state index is 0.818. The van der Waals surface area contributed by atoms with Crippen LogP contribution < -0.4 is 5.32 Å². The SMILES string of the molecule is Cc1cc2nc(NCc3ccccc3)sc2cc1C. The summed E-state index contributed by atoms with van der Waals surface area (Å²) in [4.78, 5) is 4.64. The van der Waals surface area contributed by atoms with E-state index in [1.165, 1.54) is 21.4 Å². The average Bonchev–Trinajstić information content (AvgIpc) is 2.80. The van der Waals surface area contributed by atoms with Crippen molar-refractivity contribution in [1.82, 2.24) is 4.98 Å². The lowest BCUT2D eigenvalue weighted by Gasteiger charge is -2.01. The van der Waals surface area contributed by atoms with Crippen LogP contribution in [0.1, 0.15) is 16.7 Å². The Balaban J connectivity index is 1.82. The molecular weight excluding hydrogens is 252 g/mol. The highest BCUT2D eigenvalue weighted by Gasteiger charge is 2.05. The Labute approximate surface area is 117 Å². The minimum absolute atomic E-state index is 0.818. The fraction of sp³-hybridized carbons (Fsp3) is 0.188. The molecule has 0 aliphatic carbocycles. The topological polar surface area (TPSA) is 24.9 Å². The molecule has 0 aliphatic heterocycles. The van der Waals surface area contributed by atoms with E-state index in [1.807, 2.05) is 6.07 Å². The van der Waals surface area contributed by atoms with Crippen LogP contribution in [0.25, 0.3) is 10.2 Å². The van der Waals surface area contributed by atoms with Crippen LogP contribution in [-0.2, 0) is 6.54 Å². The first-order chi connectivity index (χ1) is 9.22. The van der Waals surface area contributed by atoms with Crippen molar-refractivity contribution in [3.63, 3.8) is 0 Å². The zero-order chi connectivity index (χ0) is 13.2. The number of hydrogen-bond donors (Lipinski definition) is 1. The number of aryl methyl sites for hydroxylation is 2. The average molecular weight is 268 g/mol. The van der Waals surface area contributed by atoms with Crippen LogP contribution in [0.15, 0.2) is 42.5 Å². The Kier molecular flexibility index (Phi) is 3.22. The highest BCUT2D eigenvalue weighted by molar-refractivity contribution is 7.22. The molecule has 1 heterocycles. The van der Waals surface area contributed by atoms with Gasteiger partial charge in [-0.2, -0.15) is 0 Å². The Morgan fingerprint density at radius 2 is 1.79 bits per heavy atom. The molecule has 0 amide bonds. The fourth-order valence-electron chi connectivity index (χ4n) is 2.03. The van der Waals surface area contributed by atoms with E-state index < -0.39 is 0 Å². The number of benzene rings is 2. The Morgan fingerprint density at radius 1 is 1.05 bits per heavy atom. The summed E-state index contributed by atoms with van der Waals surface area (Å²) in [6, 6.07) is 14.8. The van der Waals surface area contributed by atoms with Gasteiger partial charge >= 0.3 is 0 Å². The molecule has 1 aromatic heterocycles. The van der Waals surface area contributed by atoms with E-state index in [0.29, 0.717) is 0 Å². The van der Waals surface area contributed by atoms with E-state index in [9.17, 15) is 0 Å². The zero-order valence-electron chi connectivity index (χ0n) is 11.1. The Bertz CT molecular complexity index is 662. The lowest BCUT2D eigenvalue weighted by molar-refractivity contribution is 1.14. The quantitative estimate of drug-likeness (QED) is 0.755. The highest BCUT2D eigenvalue weighted by Crippen LogP contribution is 2.28. The van der Waals surface area contributed by atoms with Gasteiger partial charge in [-0.25, -0.2) is 4.98 Å². The van der Waals surface area contributed by atoms with Gasteiger partial charge in [0, 0.05) is 6.54 Å². The molecule has 96 valence electrons. The van der Waals surface area contributed by atoms with Gasteiger partial charge in [-0.1, -0.05) is 41.7 Å². The predicted octanol–water partition coefficient (Wildman–Crippen LogP) is 4.53. The molecule has 0 spiro atoms. The first-order valence-corrected chi connectivity index (χ1v) is 7.19. The smallest absolute Gasteiger partial charge is 0.184 e. The van der Waals surface area contributed by atoms with E-state index >= 15 is 0 Å². The molecule has 2 aromatic carbocycles. The van der Waals surface area contributed by atoms with Crippen LogP contribution in [0, 0.1) is 13.8 Å². The van der Waals surface area contributed by atoms with Gasteiger partial charge in [-0.3, -0.25) is 0 Å². The molecule has 3 rings (SSSR count). The van der Waals surface area contributed by atoms with Crippen LogP contribution >= 0.6 is 11.3 Å². The minimum Gasteiger partial charge on any atom is -0.357 e. The van der Waals surface area contributed by atoms with Crippen LogP contribution in [0.3, 0.4) is 0 Å². The van der Waals surface area contributed by atoms with Crippen molar-refractivity contribution in [2.24, 2.45) is 0 Å². The summed E-state index contributed by atoms with van der Waals surface area (Å²) in [7, 11) is 0. The molecule has 0 atom stereocenters. The van der Waals surface area contributed by atoms with Gasteiger partial charge in [0.2, 0.25) is 0 Å². The molecule has 0 fully saturated rings. The molecule has 3 heteroatoms. The third-order valence-electron chi connectivity index (χ3n) is 3.29. The molecule has 0 saturated heterocycles. The summed E-state index contributed by atoms with van der Waals surface area (Å²) >= 11 is 1.72. The summed E-state index contributed by atoms with van der Waals surface area (Å²) in [5, 5.41) is 4.39. The van der Waals surface area contributed by atoms with Crippen molar-refractivity contribution in [2.75, 3.05) is 5.32 Å². The van der Waals surface area contributed by atoms with Gasteiger partial charge in [0.1, 0.15) is 0 Å². The van der Waals surface area contributed by atoms with E-state index in [0.717, 1.165) is 17.2 Å². The van der Waals surface area contributed by atoms with Crippen LogP contribution in [0.2, 0.25) is 0 Å². The largest absolute Gasteiger partial charge is 0.357 e. The predicted molar refractivity (Wildman–Crippen MR) is 82.9 cm³/mol. The molecule has 0 unspecified atom stereocenters. The Morgan fingerprint density at radius 3 is 2.58 bits per heavy atom. The molecule has 0 radical (unpaired) electrons. The normalized spacial score (nSPS) is 10.8. The van der Waals surface area contributed by atoms with Crippen molar-refractivity contribution in [2.45, 2.75) is 20.4 Å². The van der Waals surface area contributed by atoms with Crippen LogP contribution in [-0.4, -0.2) is 4.98 Å². The third kappa shape index (κ3) is 2.61. The molecule has 1 N–H and O–H groups in total. The van der Waals surface area contributed by atoms with Gasteiger partial charge in [0.05, 0.1) is 10.2 Å². The number of thiazole rings is 1. The summed E-state index contributed by atoms with van der Waals surface area (Å²) in [6.07, 6.45) is 0. The lowest BCUT2D eigenvalue weighted by atomic mass is 10.1. The number of nitrogens with zero attached hydrogens (tertiary/aromatic N) is 1. The van der Waals surface area contributed by atoms with Crippen molar-refractivity contribution in [1.29, 1.82) is 0 Å². The van der Waals surface area contributed by atoms with Gasteiger partial charge in [0.15, 0.2) is 5.13 Å². The number of aromatic nitrogens is 1. The van der Waals surface area contributed by atoms with E-state index in [2.05, 4.69) is 60.5 Å². The Hall–Kier alpha value is -1.87. The summed E-state index contributed by atoms with van der Waals surface area (Å²) in [5.74, 6) is 0. The second kappa shape index (κ2) is 5.02. The van der Waals surface area contributed by atoms with E-state index in [1.54, 1.807) is 11.3 Å². The van der Waals surface area contributed by atoms with Gasteiger partial charge in [-0.15, -0.1) is 0 Å². The standard InChI is InChI=1S/C16H16N2S/c1-11-8-14-15(9-12(11)2)19-16(18-14)17-10-13-6-4-3-5-7-13/h3-9H,10H2,1-2H3,(H,17,18). The van der Waals surface area contributed by atoms with Crippen molar-refractivity contribution >= 4 is 26.7 Å². The number of rotatable bonds is 3. The lowest BCUT2D eigenvalue weighted by Crippen LogP contribution is -1.97.